The van der Waals surface area contributed by atoms with E-state index >= 15 is 0 Å². The number of nitrogens with one attached hydrogen (secondary N) is 1. The van der Waals surface area contributed by atoms with E-state index in [1.165, 1.54) is 38.5 Å². The van der Waals surface area contributed by atoms with Gasteiger partial charge in [-0.05, 0) is 75.6 Å². The fourth-order valence-corrected chi connectivity index (χ4v) is 2.37. The monoisotopic (exact) mass is 490 g/mol. The van der Waals surface area contributed by atoms with Crippen LogP contribution in [0.3, 0.4) is 0 Å². The molecule has 2 saturated carbocycles. The van der Waals surface area contributed by atoms with Gasteiger partial charge < -0.3 is 11.1 Å². The van der Waals surface area contributed by atoms with Gasteiger partial charge in [0.25, 0.3) is 0 Å². The Morgan fingerprint density at radius 1 is 0.880 bits per heavy atom. The number of nitrogens with two attached hydrogens (primary N) is 1. The lowest BCUT2D eigenvalue weighted by molar-refractivity contribution is 0.418. The molecule has 136 valence electrons. The molecular formula is C16H21Br2ClN6. The minimum Gasteiger partial charge on any atom is -0.351 e. The van der Waals surface area contributed by atoms with Crippen LogP contribution in [0, 0.1) is 0 Å². The molecule has 0 saturated heterocycles. The highest BCUT2D eigenvalue weighted by Crippen LogP contribution is 2.21. The Kier molecular flexibility index (Phi) is 9.02. The third-order valence-electron chi connectivity index (χ3n) is 3.80. The molecule has 2 aromatic heterocycles. The maximum Gasteiger partial charge on any atom is 0.222 e. The first-order chi connectivity index (χ1) is 12.0. The highest BCUT2D eigenvalue weighted by atomic mass is 79.9. The van der Waals surface area contributed by atoms with Crippen molar-refractivity contribution < 1.29 is 0 Å². The molecule has 2 aliphatic rings. The predicted octanol–water partition coefficient (Wildman–Crippen LogP) is 4.59. The summed E-state index contributed by atoms with van der Waals surface area (Å²) in [6, 6.07) is 1.17. The average Bonchev–Trinajstić information content (AvgIpc) is 2.55. The zero-order valence-corrected chi connectivity index (χ0v) is 17.6. The van der Waals surface area contributed by atoms with Crippen LogP contribution in [0.15, 0.2) is 33.7 Å². The Morgan fingerprint density at radius 3 is 1.64 bits per heavy atom. The van der Waals surface area contributed by atoms with Gasteiger partial charge in [0, 0.05) is 36.9 Å². The standard InChI is InChI=1S/C8H10BrN3.C4H2BrClN2.C4H9N/c9-6-4-10-8(11-5-6)12-7-2-1-3-7;5-3-1-7-4(6)8-2-3;5-4-2-1-3-4/h4-5,7H,1-3H2,(H,10,11,12);1-2H;4H,1-3,5H2. The van der Waals surface area contributed by atoms with Gasteiger partial charge in [-0.3, -0.25) is 0 Å². The fourth-order valence-electron chi connectivity index (χ4n) is 1.86. The number of anilines is 1. The van der Waals surface area contributed by atoms with Crippen molar-refractivity contribution in [1.29, 1.82) is 0 Å². The van der Waals surface area contributed by atoms with Gasteiger partial charge in [0.05, 0.1) is 8.95 Å². The van der Waals surface area contributed by atoms with Crippen LogP contribution in [-0.4, -0.2) is 32.0 Å². The van der Waals surface area contributed by atoms with Gasteiger partial charge in [-0.1, -0.05) is 6.42 Å². The molecule has 0 radical (unpaired) electrons. The molecule has 0 unspecified atom stereocenters. The van der Waals surface area contributed by atoms with Crippen LogP contribution in [0.25, 0.3) is 0 Å². The molecule has 2 heterocycles. The third-order valence-corrected chi connectivity index (χ3v) is 4.81. The van der Waals surface area contributed by atoms with Gasteiger partial charge in [0.15, 0.2) is 0 Å². The highest BCUT2D eigenvalue weighted by molar-refractivity contribution is 9.10. The first-order valence-corrected chi connectivity index (χ1v) is 10.1. The number of nitrogens with zero attached hydrogens (tertiary/aromatic N) is 4. The van der Waals surface area contributed by atoms with Crippen LogP contribution in [0.5, 0.6) is 0 Å². The van der Waals surface area contributed by atoms with Crippen molar-refractivity contribution in [2.45, 2.75) is 50.6 Å². The minimum absolute atomic E-state index is 0.271. The van der Waals surface area contributed by atoms with E-state index < -0.39 is 0 Å². The van der Waals surface area contributed by atoms with E-state index in [0.29, 0.717) is 12.1 Å². The summed E-state index contributed by atoms with van der Waals surface area (Å²) >= 11 is 11.8. The lowest BCUT2D eigenvalue weighted by atomic mass is 9.93. The number of hydrogen-bond donors (Lipinski definition) is 2. The summed E-state index contributed by atoms with van der Waals surface area (Å²) in [6.07, 6.45) is 14.4. The average molecular weight is 493 g/mol. The molecule has 2 aliphatic carbocycles. The Labute approximate surface area is 169 Å². The Morgan fingerprint density at radius 2 is 1.32 bits per heavy atom. The van der Waals surface area contributed by atoms with Crippen molar-refractivity contribution in [2.75, 3.05) is 5.32 Å². The van der Waals surface area contributed by atoms with Crippen LogP contribution >= 0.6 is 43.5 Å². The predicted molar refractivity (Wildman–Crippen MR) is 108 cm³/mol. The van der Waals surface area contributed by atoms with Gasteiger partial charge in [0.2, 0.25) is 11.2 Å². The van der Waals surface area contributed by atoms with Crippen molar-refractivity contribution in [3.63, 3.8) is 0 Å². The molecule has 0 amide bonds. The maximum atomic E-state index is 5.38. The van der Waals surface area contributed by atoms with Gasteiger partial charge in [-0.15, -0.1) is 0 Å². The van der Waals surface area contributed by atoms with Crippen LogP contribution in [0.1, 0.15) is 38.5 Å². The highest BCUT2D eigenvalue weighted by Gasteiger charge is 2.17. The molecule has 0 atom stereocenters. The molecule has 25 heavy (non-hydrogen) atoms. The second kappa shape index (κ2) is 11.0. The van der Waals surface area contributed by atoms with E-state index in [4.69, 9.17) is 17.3 Å². The van der Waals surface area contributed by atoms with Crippen LogP contribution < -0.4 is 11.1 Å². The van der Waals surface area contributed by atoms with Gasteiger partial charge in [0.1, 0.15) is 0 Å². The molecule has 0 bridgehead atoms. The van der Waals surface area contributed by atoms with E-state index in [1.807, 2.05) is 0 Å². The topological polar surface area (TPSA) is 89.6 Å². The maximum absolute atomic E-state index is 5.38. The zero-order valence-electron chi connectivity index (χ0n) is 13.7. The number of hydrogen-bond acceptors (Lipinski definition) is 6. The second-order valence-electron chi connectivity index (χ2n) is 5.86. The Bertz CT molecular complexity index is 597. The quantitative estimate of drug-likeness (QED) is 0.596. The normalized spacial score (nSPS) is 16.3. The minimum atomic E-state index is 0.271. The van der Waals surface area contributed by atoms with E-state index in [1.54, 1.807) is 24.8 Å². The van der Waals surface area contributed by atoms with Crippen molar-refractivity contribution >= 4 is 49.4 Å². The zero-order chi connectivity index (χ0) is 18.1. The number of halogens is 3. The molecule has 9 heteroatoms. The van der Waals surface area contributed by atoms with E-state index in [-0.39, 0.29) is 5.28 Å². The van der Waals surface area contributed by atoms with Crippen LogP contribution in [-0.2, 0) is 0 Å². The lowest BCUT2D eigenvalue weighted by Gasteiger charge is -2.26. The smallest absolute Gasteiger partial charge is 0.222 e. The molecule has 2 fully saturated rings. The van der Waals surface area contributed by atoms with Gasteiger partial charge >= 0.3 is 0 Å². The summed E-state index contributed by atoms with van der Waals surface area (Å²) in [4.78, 5) is 15.6. The number of rotatable bonds is 2. The second-order valence-corrected chi connectivity index (χ2v) is 8.03. The first-order valence-electron chi connectivity index (χ1n) is 8.15. The van der Waals surface area contributed by atoms with Crippen molar-refractivity contribution in [3.05, 3.63) is 39.0 Å². The molecule has 4 rings (SSSR count). The molecule has 2 aromatic rings. The van der Waals surface area contributed by atoms with Gasteiger partial charge in [-0.2, -0.15) is 0 Å². The molecule has 0 aliphatic heterocycles. The van der Waals surface area contributed by atoms with E-state index in [0.717, 1.165) is 14.9 Å². The van der Waals surface area contributed by atoms with Crippen molar-refractivity contribution in [1.82, 2.24) is 19.9 Å². The van der Waals surface area contributed by atoms with Crippen LogP contribution in [0.4, 0.5) is 5.95 Å². The van der Waals surface area contributed by atoms with E-state index in [2.05, 4.69) is 57.1 Å². The van der Waals surface area contributed by atoms with Gasteiger partial charge in [-0.25, -0.2) is 19.9 Å². The summed E-state index contributed by atoms with van der Waals surface area (Å²) in [5.41, 5.74) is 5.38. The van der Waals surface area contributed by atoms with E-state index in [9.17, 15) is 0 Å². The lowest BCUT2D eigenvalue weighted by Crippen LogP contribution is -2.27. The summed E-state index contributed by atoms with van der Waals surface area (Å²) in [6.45, 7) is 0. The first kappa shape index (κ1) is 20.5. The molecule has 6 nitrogen and oxygen atoms in total. The molecule has 3 N–H and O–H groups in total. The Hall–Kier alpha value is -0.830. The third kappa shape index (κ3) is 8.40. The fraction of sp³-hybridized carbons (Fsp3) is 0.500. The van der Waals surface area contributed by atoms with Crippen molar-refractivity contribution in [2.24, 2.45) is 5.73 Å². The molecule has 0 aromatic carbocycles. The number of aromatic nitrogens is 4. The summed E-state index contributed by atoms with van der Waals surface area (Å²) in [5.74, 6) is 0.739. The molecule has 0 spiro atoms. The summed E-state index contributed by atoms with van der Waals surface area (Å²) < 4.78 is 1.75. The largest absolute Gasteiger partial charge is 0.351 e. The van der Waals surface area contributed by atoms with Crippen molar-refractivity contribution in [3.8, 4) is 0 Å². The Balaban J connectivity index is 0.000000149. The SMILES string of the molecule is Brc1cnc(NC2CCC2)nc1.Clc1ncc(Br)cn1.NC1CCC1. The summed E-state index contributed by atoms with van der Waals surface area (Å²) in [5, 5.41) is 3.53. The molecular weight excluding hydrogens is 471 g/mol. The summed E-state index contributed by atoms with van der Waals surface area (Å²) in [7, 11) is 0. The van der Waals surface area contributed by atoms with Crippen LogP contribution in [0.2, 0.25) is 5.28 Å².